The molecule has 5 nitrogen and oxygen atoms in total. The van der Waals surface area contributed by atoms with Crippen LogP contribution in [-0.2, 0) is 11.3 Å². The Hall–Kier alpha value is -1.46. The molecule has 2 N–H and O–H groups in total. The highest BCUT2D eigenvalue weighted by Gasteiger charge is 2.34. The molecule has 2 heterocycles. The Kier molecular flexibility index (Phi) is 6.75. The fourth-order valence-electron chi connectivity index (χ4n) is 3.87. The summed E-state index contributed by atoms with van der Waals surface area (Å²) in [4.78, 5) is 12.2. The number of fused-ring (bicyclic) bond motifs is 2. The largest absolute Gasteiger partial charge is 0.493 e. The van der Waals surface area contributed by atoms with Gasteiger partial charge in [-0.1, -0.05) is 6.07 Å². The molecule has 1 aromatic carbocycles. The van der Waals surface area contributed by atoms with E-state index in [0.29, 0.717) is 42.5 Å². The molecule has 6 heteroatoms. The second kappa shape index (κ2) is 8.58. The maximum atomic E-state index is 12.2. The summed E-state index contributed by atoms with van der Waals surface area (Å²) < 4.78 is 10.5. The van der Waals surface area contributed by atoms with Crippen LogP contribution in [0.4, 0.5) is 0 Å². The number of carbonyl (C=O) groups is 1. The van der Waals surface area contributed by atoms with Gasteiger partial charge >= 0.3 is 0 Å². The van der Waals surface area contributed by atoms with Gasteiger partial charge in [-0.25, -0.2) is 0 Å². The number of hydrogen-bond acceptors (Lipinski definition) is 4. The van der Waals surface area contributed by atoms with Crippen LogP contribution in [0.2, 0.25) is 0 Å². The summed E-state index contributed by atoms with van der Waals surface area (Å²) in [6.45, 7) is 0.525. The zero-order chi connectivity index (χ0) is 16.2. The zero-order valence-corrected chi connectivity index (χ0v) is 15.2. The predicted octanol–water partition coefficient (Wildman–Crippen LogP) is 2.66. The fraction of sp³-hybridized carbons (Fsp3) is 0.611. The van der Waals surface area contributed by atoms with Gasteiger partial charge in [0.15, 0.2) is 11.5 Å². The number of amides is 1. The molecule has 2 atom stereocenters. The van der Waals surface area contributed by atoms with Crippen LogP contribution >= 0.6 is 12.4 Å². The van der Waals surface area contributed by atoms with Gasteiger partial charge in [0.2, 0.25) is 5.91 Å². The Morgan fingerprint density at radius 3 is 2.46 bits per heavy atom. The second-order valence-corrected chi connectivity index (χ2v) is 6.65. The third-order valence-electron chi connectivity index (χ3n) is 4.98. The maximum absolute atomic E-state index is 12.2. The molecular weight excluding hydrogens is 328 g/mol. The van der Waals surface area contributed by atoms with Crippen molar-refractivity contribution in [2.75, 3.05) is 14.2 Å². The molecule has 24 heavy (non-hydrogen) atoms. The summed E-state index contributed by atoms with van der Waals surface area (Å²) >= 11 is 0. The average molecular weight is 355 g/mol. The third kappa shape index (κ3) is 4.54. The monoisotopic (exact) mass is 354 g/mol. The number of rotatable bonds is 6. The molecule has 0 spiro atoms. The van der Waals surface area contributed by atoms with Gasteiger partial charge in [-0.05, 0) is 49.3 Å². The number of carbonyl (C=O) groups excluding carboxylic acids is 1. The topological polar surface area (TPSA) is 59.6 Å². The highest BCUT2D eigenvalue weighted by atomic mass is 35.5. The van der Waals surface area contributed by atoms with Crippen LogP contribution in [0.15, 0.2) is 18.2 Å². The molecule has 0 aliphatic carbocycles. The quantitative estimate of drug-likeness (QED) is 0.824. The van der Waals surface area contributed by atoms with Gasteiger partial charge in [-0.3, -0.25) is 4.79 Å². The summed E-state index contributed by atoms with van der Waals surface area (Å²) in [5, 5.41) is 6.65. The number of ether oxygens (including phenoxy) is 2. The van der Waals surface area contributed by atoms with Crippen LogP contribution < -0.4 is 20.1 Å². The van der Waals surface area contributed by atoms with E-state index in [1.165, 1.54) is 12.8 Å². The van der Waals surface area contributed by atoms with Crippen molar-refractivity contribution in [1.29, 1.82) is 0 Å². The predicted molar refractivity (Wildman–Crippen MR) is 95.9 cm³/mol. The normalized spacial score (nSPS) is 24.8. The maximum Gasteiger partial charge on any atom is 0.220 e. The van der Waals surface area contributed by atoms with E-state index in [1.54, 1.807) is 14.2 Å². The Labute approximate surface area is 149 Å². The lowest BCUT2D eigenvalue weighted by atomic mass is 9.89. The average Bonchev–Trinajstić information content (AvgIpc) is 2.91. The van der Waals surface area contributed by atoms with E-state index in [2.05, 4.69) is 10.6 Å². The molecule has 0 saturated carbocycles. The van der Waals surface area contributed by atoms with Crippen molar-refractivity contribution >= 4 is 18.3 Å². The SMILES string of the molecule is COc1ccc(CNC(=O)CC2CC3CCC(C2)N3)cc1OC.Cl. The fourth-order valence-corrected chi connectivity index (χ4v) is 3.87. The minimum Gasteiger partial charge on any atom is -0.493 e. The van der Waals surface area contributed by atoms with Crippen molar-refractivity contribution in [3.8, 4) is 11.5 Å². The molecule has 1 amide bonds. The van der Waals surface area contributed by atoms with Gasteiger partial charge in [0, 0.05) is 25.0 Å². The molecule has 2 fully saturated rings. The van der Waals surface area contributed by atoms with Gasteiger partial charge in [0.05, 0.1) is 14.2 Å². The smallest absolute Gasteiger partial charge is 0.220 e. The molecule has 0 radical (unpaired) electrons. The van der Waals surface area contributed by atoms with Gasteiger partial charge in [0.25, 0.3) is 0 Å². The van der Waals surface area contributed by atoms with Crippen molar-refractivity contribution in [3.05, 3.63) is 23.8 Å². The van der Waals surface area contributed by atoms with Crippen molar-refractivity contribution < 1.29 is 14.3 Å². The molecule has 134 valence electrons. The Morgan fingerprint density at radius 1 is 1.17 bits per heavy atom. The third-order valence-corrected chi connectivity index (χ3v) is 4.98. The minimum atomic E-state index is 0. The summed E-state index contributed by atoms with van der Waals surface area (Å²) in [6.07, 6.45) is 5.46. The van der Waals surface area contributed by atoms with E-state index in [1.807, 2.05) is 18.2 Å². The van der Waals surface area contributed by atoms with E-state index in [0.717, 1.165) is 18.4 Å². The first kappa shape index (κ1) is 18.9. The lowest BCUT2D eigenvalue weighted by Crippen LogP contribution is -2.39. The van der Waals surface area contributed by atoms with E-state index >= 15 is 0 Å². The van der Waals surface area contributed by atoms with Crippen molar-refractivity contribution in [3.63, 3.8) is 0 Å². The lowest BCUT2D eigenvalue weighted by molar-refractivity contribution is -0.122. The van der Waals surface area contributed by atoms with Crippen molar-refractivity contribution in [2.45, 2.75) is 50.7 Å². The number of nitrogens with one attached hydrogen (secondary N) is 2. The molecule has 2 aliphatic heterocycles. The summed E-state index contributed by atoms with van der Waals surface area (Å²) in [7, 11) is 3.23. The van der Waals surface area contributed by atoms with Crippen LogP contribution in [0.25, 0.3) is 0 Å². The number of methoxy groups -OCH3 is 2. The minimum absolute atomic E-state index is 0. The van der Waals surface area contributed by atoms with Gasteiger partial charge in [0.1, 0.15) is 0 Å². The highest BCUT2D eigenvalue weighted by molar-refractivity contribution is 5.85. The van der Waals surface area contributed by atoms with Crippen LogP contribution in [0.1, 0.15) is 37.7 Å². The summed E-state index contributed by atoms with van der Waals surface area (Å²) in [5.74, 6) is 2.06. The van der Waals surface area contributed by atoms with E-state index in [4.69, 9.17) is 9.47 Å². The molecule has 2 bridgehead atoms. The van der Waals surface area contributed by atoms with Gasteiger partial charge < -0.3 is 20.1 Å². The number of piperidine rings is 1. The Balaban J connectivity index is 0.00000208. The molecule has 2 aliphatic rings. The standard InChI is InChI=1S/C18H26N2O3.ClH/c1-22-16-6-3-12(9-17(16)23-2)11-19-18(21)10-13-7-14-4-5-15(8-13)20-14;/h3,6,9,13-15,20H,4-5,7-8,10-11H2,1-2H3,(H,19,21);1H. The number of halogens is 1. The lowest BCUT2D eigenvalue weighted by Gasteiger charge is -2.28. The summed E-state index contributed by atoms with van der Waals surface area (Å²) in [5.41, 5.74) is 1.02. The number of benzene rings is 1. The van der Waals surface area contributed by atoms with E-state index in [-0.39, 0.29) is 18.3 Å². The van der Waals surface area contributed by atoms with E-state index < -0.39 is 0 Å². The van der Waals surface area contributed by atoms with Crippen molar-refractivity contribution in [2.24, 2.45) is 5.92 Å². The second-order valence-electron chi connectivity index (χ2n) is 6.65. The highest BCUT2D eigenvalue weighted by Crippen LogP contribution is 2.32. The molecule has 2 unspecified atom stereocenters. The molecule has 0 aromatic heterocycles. The molecular formula is C18H27ClN2O3. The van der Waals surface area contributed by atoms with Crippen LogP contribution in [-0.4, -0.2) is 32.2 Å². The van der Waals surface area contributed by atoms with Gasteiger partial charge in [-0.15, -0.1) is 12.4 Å². The first-order valence-electron chi connectivity index (χ1n) is 8.41. The first-order chi connectivity index (χ1) is 11.2. The molecule has 1 aromatic rings. The first-order valence-corrected chi connectivity index (χ1v) is 8.41. The number of hydrogen-bond donors (Lipinski definition) is 2. The van der Waals surface area contributed by atoms with Crippen molar-refractivity contribution in [1.82, 2.24) is 10.6 Å². The van der Waals surface area contributed by atoms with Crippen LogP contribution in [0.5, 0.6) is 11.5 Å². The molecule has 3 rings (SSSR count). The Morgan fingerprint density at radius 2 is 1.83 bits per heavy atom. The Bertz CT molecular complexity index is 555. The van der Waals surface area contributed by atoms with Gasteiger partial charge in [-0.2, -0.15) is 0 Å². The zero-order valence-electron chi connectivity index (χ0n) is 14.3. The summed E-state index contributed by atoms with van der Waals surface area (Å²) in [6, 6.07) is 7.00. The molecule has 2 saturated heterocycles. The van der Waals surface area contributed by atoms with Crippen LogP contribution in [0.3, 0.4) is 0 Å². The van der Waals surface area contributed by atoms with E-state index in [9.17, 15) is 4.79 Å². The van der Waals surface area contributed by atoms with Crippen LogP contribution in [0, 0.1) is 5.92 Å².